The van der Waals surface area contributed by atoms with Crippen molar-refractivity contribution in [3.63, 3.8) is 0 Å². The Kier molecular flexibility index (Phi) is 32.3. The lowest BCUT2D eigenvalue weighted by molar-refractivity contribution is -0.152. The Morgan fingerprint density at radius 1 is 0.568 bits per heavy atom. The SMILES string of the molecule is CCCCCCCCCCCCCCCCCC(=O)N[C@@H](C(=O)OCC)[C@H](O)[C@@H](F)CCCCCCCCCCCCCC. The van der Waals surface area contributed by atoms with E-state index < -0.39 is 24.3 Å². The molecule has 1 amide bonds. The molecule has 0 radical (unpaired) electrons. The Morgan fingerprint density at radius 2 is 0.909 bits per heavy atom. The van der Waals surface area contributed by atoms with Gasteiger partial charge in [-0.25, -0.2) is 9.18 Å². The van der Waals surface area contributed by atoms with Crippen molar-refractivity contribution < 1.29 is 23.8 Å². The summed E-state index contributed by atoms with van der Waals surface area (Å²) in [6, 6.07) is -1.36. The second-order valence-electron chi connectivity index (χ2n) is 13.2. The Morgan fingerprint density at radius 3 is 1.27 bits per heavy atom. The molecule has 0 aliphatic carbocycles. The molecule has 0 spiro atoms. The fraction of sp³-hybridized carbons (Fsp3) is 0.947. The molecule has 5 nitrogen and oxygen atoms in total. The predicted octanol–water partition coefficient (Wildman–Crippen LogP) is 11.1. The molecule has 0 aliphatic heterocycles. The largest absolute Gasteiger partial charge is 0.464 e. The average molecular weight is 628 g/mol. The number of aliphatic hydroxyl groups excluding tert-OH is 1. The maximum absolute atomic E-state index is 14.9. The molecule has 0 heterocycles. The van der Waals surface area contributed by atoms with E-state index in [2.05, 4.69) is 19.2 Å². The van der Waals surface area contributed by atoms with Gasteiger partial charge in [-0.2, -0.15) is 0 Å². The van der Waals surface area contributed by atoms with Crippen LogP contribution in [0.15, 0.2) is 0 Å². The summed E-state index contributed by atoms with van der Waals surface area (Å²) in [7, 11) is 0. The number of rotatable bonds is 34. The number of carbonyl (C=O) groups excluding carboxylic acids is 2. The van der Waals surface area contributed by atoms with Crippen LogP contribution in [0.4, 0.5) is 4.39 Å². The molecule has 3 atom stereocenters. The number of hydrogen-bond acceptors (Lipinski definition) is 4. The van der Waals surface area contributed by atoms with Crippen LogP contribution >= 0.6 is 0 Å². The summed E-state index contributed by atoms with van der Waals surface area (Å²) in [4.78, 5) is 25.0. The van der Waals surface area contributed by atoms with Crippen LogP contribution < -0.4 is 5.32 Å². The van der Waals surface area contributed by atoms with Crippen molar-refractivity contribution in [2.45, 2.75) is 225 Å². The smallest absolute Gasteiger partial charge is 0.331 e. The van der Waals surface area contributed by atoms with E-state index in [-0.39, 0.29) is 25.4 Å². The average Bonchev–Trinajstić information content (AvgIpc) is 3.01. The zero-order chi connectivity index (χ0) is 32.5. The van der Waals surface area contributed by atoms with Crippen LogP contribution in [0.2, 0.25) is 0 Å². The zero-order valence-corrected chi connectivity index (χ0v) is 29.5. The quantitative estimate of drug-likeness (QED) is 0.0550. The minimum atomic E-state index is -1.59. The zero-order valence-electron chi connectivity index (χ0n) is 29.5. The van der Waals surface area contributed by atoms with Crippen molar-refractivity contribution in [2.75, 3.05) is 6.61 Å². The van der Waals surface area contributed by atoms with Gasteiger partial charge in [-0.1, -0.05) is 181 Å². The van der Waals surface area contributed by atoms with Gasteiger partial charge < -0.3 is 15.2 Å². The maximum atomic E-state index is 14.9. The Labute approximate surface area is 272 Å². The molecule has 0 aliphatic rings. The molecule has 0 rings (SSSR count). The fourth-order valence-electron chi connectivity index (χ4n) is 5.98. The highest BCUT2D eigenvalue weighted by atomic mass is 19.1. The Bertz CT molecular complexity index is 632. The summed E-state index contributed by atoms with van der Waals surface area (Å²) in [5.41, 5.74) is 0. The van der Waals surface area contributed by atoms with Gasteiger partial charge in [0.1, 0.15) is 12.3 Å². The van der Waals surface area contributed by atoms with Crippen LogP contribution in [-0.2, 0) is 14.3 Å². The lowest BCUT2D eigenvalue weighted by Crippen LogP contribution is -2.52. The molecule has 0 unspecified atom stereocenters. The number of nitrogens with one attached hydrogen (secondary N) is 1. The summed E-state index contributed by atoms with van der Waals surface area (Å²) < 4.78 is 19.9. The van der Waals surface area contributed by atoms with Gasteiger partial charge >= 0.3 is 5.97 Å². The third-order valence-corrected chi connectivity index (χ3v) is 8.91. The van der Waals surface area contributed by atoms with Crippen LogP contribution in [-0.4, -0.2) is 41.9 Å². The molecular formula is C38H74FNO4. The third kappa shape index (κ3) is 27.2. The lowest BCUT2D eigenvalue weighted by atomic mass is 9.99. The second kappa shape index (κ2) is 33.2. The summed E-state index contributed by atoms with van der Waals surface area (Å²) in [5, 5.41) is 13.2. The summed E-state index contributed by atoms with van der Waals surface area (Å²) in [6.45, 7) is 6.28. The molecule has 0 fully saturated rings. The molecule has 0 aromatic heterocycles. The van der Waals surface area contributed by atoms with Gasteiger partial charge in [0, 0.05) is 6.42 Å². The molecule has 0 aromatic rings. The number of unbranched alkanes of at least 4 members (excludes halogenated alkanes) is 25. The van der Waals surface area contributed by atoms with E-state index in [1.54, 1.807) is 6.92 Å². The first-order valence-electron chi connectivity index (χ1n) is 19.3. The van der Waals surface area contributed by atoms with E-state index in [1.807, 2.05) is 0 Å². The molecule has 0 bridgehead atoms. The van der Waals surface area contributed by atoms with E-state index >= 15 is 0 Å². The van der Waals surface area contributed by atoms with Gasteiger partial charge in [0.15, 0.2) is 6.04 Å². The first-order valence-corrected chi connectivity index (χ1v) is 19.3. The molecule has 2 N–H and O–H groups in total. The number of esters is 1. The van der Waals surface area contributed by atoms with Gasteiger partial charge in [-0.15, -0.1) is 0 Å². The standard InChI is InChI=1S/C38H74FNO4/c1-4-7-9-11-13-15-17-19-20-21-23-25-27-29-31-33-35(41)40-36(38(43)44-6-3)37(42)34(39)32-30-28-26-24-22-18-16-14-12-10-8-5-2/h34,36-37,42H,4-33H2,1-3H3,(H,40,41)/t34-,36+,37+/m0/s1. The summed E-state index contributed by atoms with van der Waals surface area (Å²) >= 11 is 0. The second-order valence-corrected chi connectivity index (χ2v) is 13.2. The van der Waals surface area contributed by atoms with Gasteiger partial charge in [-0.05, 0) is 19.8 Å². The molecule has 44 heavy (non-hydrogen) atoms. The van der Waals surface area contributed by atoms with Crippen LogP contribution in [0.25, 0.3) is 0 Å². The van der Waals surface area contributed by atoms with Crippen molar-refractivity contribution in [2.24, 2.45) is 0 Å². The van der Waals surface area contributed by atoms with Crippen molar-refractivity contribution in [3.05, 3.63) is 0 Å². The molecule has 0 saturated carbocycles. The first kappa shape index (κ1) is 42.8. The number of aliphatic hydroxyl groups is 1. The molecule has 262 valence electrons. The van der Waals surface area contributed by atoms with Crippen molar-refractivity contribution in [1.29, 1.82) is 0 Å². The van der Waals surface area contributed by atoms with Gasteiger partial charge in [0.05, 0.1) is 6.61 Å². The summed E-state index contributed by atoms with van der Waals surface area (Å²) in [5.74, 6) is -1.09. The Hall–Kier alpha value is -1.17. The number of ether oxygens (including phenoxy) is 1. The van der Waals surface area contributed by atoms with Crippen LogP contribution in [0.5, 0.6) is 0 Å². The number of amides is 1. The van der Waals surface area contributed by atoms with Gasteiger partial charge in [0.2, 0.25) is 5.91 Å². The number of halogens is 1. The van der Waals surface area contributed by atoms with E-state index in [9.17, 15) is 19.1 Å². The lowest BCUT2D eigenvalue weighted by Gasteiger charge is -2.25. The van der Waals surface area contributed by atoms with E-state index in [0.717, 1.165) is 38.5 Å². The predicted molar refractivity (Wildman–Crippen MR) is 185 cm³/mol. The maximum Gasteiger partial charge on any atom is 0.331 e. The van der Waals surface area contributed by atoms with Crippen LogP contribution in [0.1, 0.15) is 207 Å². The number of alkyl halides is 1. The normalized spacial score (nSPS) is 13.5. The third-order valence-electron chi connectivity index (χ3n) is 8.91. The number of carbonyl (C=O) groups is 2. The minimum Gasteiger partial charge on any atom is -0.464 e. The number of hydrogen-bond donors (Lipinski definition) is 2. The Balaban J connectivity index is 4.01. The first-order chi connectivity index (χ1) is 21.5. The minimum absolute atomic E-state index is 0.118. The van der Waals surface area contributed by atoms with Gasteiger partial charge in [0.25, 0.3) is 0 Å². The van der Waals surface area contributed by atoms with E-state index in [0.29, 0.717) is 6.42 Å². The van der Waals surface area contributed by atoms with Crippen LogP contribution in [0, 0.1) is 0 Å². The summed E-state index contributed by atoms with van der Waals surface area (Å²) in [6.07, 6.45) is 30.4. The molecule has 0 saturated heterocycles. The topological polar surface area (TPSA) is 75.6 Å². The monoisotopic (exact) mass is 628 g/mol. The highest BCUT2D eigenvalue weighted by Crippen LogP contribution is 2.18. The van der Waals surface area contributed by atoms with Crippen molar-refractivity contribution in [1.82, 2.24) is 5.32 Å². The molecular weight excluding hydrogens is 553 g/mol. The highest BCUT2D eigenvalue weighted by Gasteiger charge is 2.35. The fourth-order valence-corrected chi connectivity index (χ4v) is 5.98. The molecule has 6 heteroatoms. The van der Waals surface area contributed by atoms with E-state index in [1.165, 1.54) is 128 Å². The van der Waals surface area contributed by atoms with E-state index in [4.69, 9.17) is 4.74 Å². The van der Waals surface area contributed by atoms with Gasteiger partial charge in [-0.3, -0.25) is 4.79 Å². The van der Waals surface area contributed by atoms with Crippen molar-refractivity contribution in [3.8, 4) is 0 Å². The van der Waals surface area contributed by atoms with Crippen molar-refractivity contribution >= 4 is 11.9 Å². The molecule has 0 aromatic carbocycles. The highest BCUT2D eigenvalue weighted by molar-refractivity contribution is 5.85. The van der Waals surface area contributed by atoms with Crippen LogP contribution in [0.3, 0.4) is 0 Å².